The Bertz CT molecular complexity index is 409. The molecule has 0 heterocycles. The lowest BCUT2D eigenvalue weighted by Crippen LogP contribution is -2.25. The average Bonchev–Trinajstić information content (AvgIpc) is 2.31. The van der Waals surface area contributed by atoms with Crippen molar-refractivity contribution in [2.75, 3.05) is 12.3 Å². The number of amides is 1. The molecule has 1 aromatic carbocycles. The highest BCUT2D eigenvalue weighted by atomic mass is 35.5. The van der Waals surface area contributed by atoms with Gasteiger partial charge in [-0.2, -0.15) is 0 Å². The maximum atomic E-state index is 11.4. The molecule has 0 radical (unpaired) electrons. The fourth-order valence-electron chi connectivity index (χ4n) is 1.10. The maximum Gasteiger partial charge on any atom is 0.230 e. The second-order valence-electron chi connectivity index (χ2n) is 3.29. The van der Waals surface area contributed by atoms with Gasteiger partial charge in [0.2, 0.25) is 5.91 Å². The molecule has 0 aromatic heterocycles. The summed E-state index contributed by atoms with van der Waals surface area (Å²) in [5.74, 6) is 0.310. The normalized spacial score (nSPS) is 10.0. The molecule has 0 saturated heterocycles. The lowest BCUT2D eigenvalue weighted by atomic mass is 10.4. The van der Waals surface area contributed by atoms with Gasteiger partial charge >= 0.3 is 0 Å². The summed E-state index contributed by atoms with van der Waals surface area (Å²) >= 11 is 13.2. The van der Waals surface area contributed by atoms with E-state index < -0.39 is 0 Å². The van der Waals surface area contributed by atoms with Crippen molar-refractivity contribution in [3.63, 3.8) is 0 Å². The van der Waals surface area contributed by atoms with Crippen LogP contribution in [0.3, 0.4) is 0 Å². The molecule has 0 spiro atoms. The van der Waals surface area contributed by atoms with Crippen molar-refractivity contribution < 1.29 is 4.79 Å². The molecule has 1 aromatic rings. The van der Waals surface area contributed by atoms with Crippen LogP contribution in [0, 0.1) is 0 Å². The van der Waals surface area contributed by atoms with Crippen LogP contribution in [-0.4, -0.2) is 18.2 Å². The number of rotatable bonds is 6. The lowest BCUT2D eigenvalue weighted by Gasteiger charge is -2.05. The third-order valence-corrected chi connectivity index (χ3v) is 3.65. The number of nitrogens with one attached hydrogen (secondary N) is 1. The van der Waals surface area contributed by atoms with Crippen molar-refractivity contribution in [1.82, 2.24) is 5.32 Å². The minimum absolute atomic E-state index is 0.0205. The molecular formula is C12H13Cl2NOS. The first-order chi connectivity index (χ1) is 8.13. The van der Waals surface area contributed by atoms with Gasteiger partial charge in [-0.25, -0.2) is 0 Å². The summed E-state index contributed by atoms with van der Waals surface area (Å²) in [6, 6.07) is 5.20. The van der Waals surface area contributed by atoms with Gasteiger partial charge in [-0.3, -0.25) is 4.79 Å². The van der Waals surface area contributed by atoms with Gasteiger partial charge in [-0.1, -0.05) is 29.3 Å². The number of carbonyl (C=O) groups excluding carboxylic acids is 1. The molecule has 0 bridgehead atoms. The van der Waals surface area contributed by atoms with E-state index >= 15 is 0 Å². The van der Waals surface area contributed by atoms with Crippen molar-refractivity contribution in [2.24, 2.45) is 0 Å². The molecule has 0 aliphatic heterocycles. The quantitative estimate of drug-likeness (QED) is 0.491. The van der Waals surface area contributed by atoms with Gasteiger partial charge < -0.3 is 5.32 Å². The van der Waals surface area contributed by atoms with E-state index in [9.17, 15) is 4.79 Å². The van der Waals surface area contributed by atoms with Crippen molar-refractivity contribution in [3.8, 4) is 0 Å². The van der Waals surface area contributed by atoms with Crippen molar-refractivity contribution >= 4 is 40.9 Å². The SMILES string of the molecule is C=CCCNC(=O)CSc1cc(Cl)ccc1Cl. The molecule has 0 saturated carbocycles. The minimum atomic E-state index is -0.0205. The van der Waals surface area contributed by atoms with Crippen LogP contribution in [0.15, 0.2) is 35.7 Å². The maximum absolute atomic E-state index is 11.4. The predicted octanol–water partition coefficient (Wildman–Crippen LogP) is 3.78. The van der Waals surface area contributed by atoms with Crippen LogP contribution in [0.25, 0.3) is 0 Å². The van der Waals surface area contributed by atoms with Gasteiger partial charge in [0.15, 0.2) is 0 Å². The minimum Gasteiger partial charge on any atom is -0.355 e. The zero-order valence-electron chi connectivity index (χ0n) is 9.21. The molecule has 1 N–H and O–H groups in total. The molecule has 92 valence electrons. The molecule has 0 fully saturated rings. The standard InChI is InChI=1S/C12H13Cl2NOS/c1-2-3-6-15-12(16)8-17-11-7-9(13)4-5-10(11)14/h2,4-5,7H,1,3,6,8H2,(H,15,16). The highest BCUT2D eigenvalue weighted by Crippen LogP contribution is 2.29. The zero-order chi connectivity index (χ0) is 12.7. The number of carbonyl (C=O) groups is 1. The Morgan fingerprint density at radius 2 is 2.24 bits per heavy atom. The van der Waals surface area contributed by atoms with Gasteiger partial charge in [-0.05, 0) is 24.6 Å². The van der Waals surface area contributed by atoms with E-state index in [1.165, 1.54) is 11.8 Å². The van der Waals surface area contributed by atoms with Gasteiger partial charge in [0.25, 0.3) is 0 Å². The van der Waals surface area contributed by atoms with E-state index in [0.717, 1.165) is 11.3 Å². The molecule has 0 unspecified atom stereocenters. The van der Waals surface area contributed by atoms with E-state index in [4.69, 9.17) is 23.2 Å². The molecule has 0 aliphatic carbocycles. The molecule has 17 heavy (non-hydrogen) atoms. The monoisotopic (exact) mass is 289 g/mol. The van der Waals surface area contributed by atoms with Crippen LogP contribution < -0.4 is 5.32 Å². The second kappa shape index (κ2) is 7.64. The summed E-state index contributed by atoms with van der Waals surface area (Å²) in [7, 11) is 0. The third-order valence-electron chi connectivity index (χ3n) is 1.92. The molecule has 5 heteroatoms. The number of halogens is 2. The first kappa shape index (κ1) is 14.4. The van der Waals surface area contributed by atoms with E-state index in [1.54, 1.807) is 24.3 Å². The van der Waals surface area contributed by atoms with Crippen LogP contribution in [0.4, 0.5) is 0 Å². The van der Waals surface area contributed by atoms with Gasteiger partial charge in [-0.15, -0.1) is 18.3 Å². The van der Waals surface area contributed by atoms with Gasteiger partial charge in [0.1, 0.15) is 0 Å². The zero-order valence-corrected chi connectivity index (χ0v) is 11.5. The van der Waals surface area contributed by atoms with E-state index in [0.29, 0.717) is 22.3 Å². The molecular weight excluding hydrogens is 277 g/mol. The predicted molar refractivity (Wildman–Crippen MR) is 75.0 cm³/mol. The molecule has 1 rings (SSSR count). The first-order valence-electron chi connectivity index (χ1n) is 5.09. The van der Waals surface area contributed by atoms with E-state index in [-0.39, 0.29) is 5.91 Å². The van der Waals surface area contributed by atoms with Gasteiger partial charge in [0, 0.05) is 16.5 Å². The molecule has 2 nitrogen and oxygen atoms in total. The van der Waals surface area contributed by atoms with Crippen LogP contribution in [0.1, 0.15) is 6.42 Å². The number of hydrogen-bond acceptors (Lipinski definition) is 2. The van der Waals surface area contributed by atoms with E-state index in [1.807, 2.05) is 0 Å². The summed E-state index contributed by atoms with van der Waals surface area (Å²) in [4.78, 5) is 12.3. The molecule has 0 aliphatic rings. The first-order valence-corrected chi connectivity index (χ1v) is 6.83. The van der Waals surface area contributed by atoms with Crippen LogP contribution in [-0.2, 0) is 4.79 Å². The summed E-state index contributed by atoms with van der Waals surface area (Å²) in [6.45, 7) is 4.20. The third kappa shape index (κ3) is 5.48. The van der Waals surface area contributed by atoms with Crippen molar-refractivity contribution in [1.29, 1.82) is 0 Å². The summed E-state index contributed by atoms with van der Waals surface area (Å²) in [5, 5.41) is 4.01. The smallest absolute Gasteiger partial charge is 0.230 e. The van der Waals surface area contributed by atoms with Crippen LogP contribution >= 0.6 is 35.0 Å². The van der Waals surface area contributed by atoms with Crippen LogP contribution in [0.5, 0.6) is 0 Å². The van der Waals surface area contributed by atoms with E-state index in [2.05, 4.69) is 11.9 Å². The molecule has 1 amide bonds. The topological polar surface area (TPSA) is 29.1 Å². The largest absolute Gasteiger partial charge is 0.355 e. The fourth-order valence-corrected chi connectivity index (χ4v) is 2.42. The molecule has 0 atom stereocenters. The Kier molecular flexibility index (Phi) is 6.48. The average molecular weight is 290 g/mol. The van der Waals surface area contributed by atoms with Crippen molar-refractivity contribution in [2.45, 2.75) is 11.3 Å². The second-order valence-corrected chi connectivity index (χ2v) is 5.15. The van der Waals surface area contributed by atoms with Crippen LogP contribution in [0.2, 0.25) is 10.0 Å². The lowest BCUT2D eigenvalue weighted by molar-refractivity contribution is -0.118. The number of hydrogen-bond donors (Lipinski definition) is 1. The summed E-state index contributed by atoms with van der Waals surface area (Å²) in [6.07, 6.45) is 2.54. The Hall–Kier alpha value is -0.640. The van der Waals surface area contributed by atoms with Gasteiger partial charge in [0.05, 0.1) is 10.8 Å². The Morgan fingerprint density at radius 3 is 2.94 bits per heavy atom. The Labute approximate surface area is 115 Å². The highest BCUT2D eigenvalue weighted by Gasteiger charge is 2.05. The highest BCUT2D eigenvalue weighted by molar-refractivity contribution is 8.00. The summed E-state index contributed by atoms with van der Waals surface area (Å²) in [5.41, 5.74) is 0. The Morgan fingerprint density at radius 1 is 1.47 bits per heavy atom. The van der Waals surface area contributed by atoms with Crippen molar-refractivity contribution in [3.05, 3.63) is 40.9 Å². The number of thioether (sulfide) groups is 1. The Balaban J connectivity index is 2.41. The fraction of sp³-hybridized carbons (Fsp3) is 0.250. The summed E-state index contributed by atoms with van der Waals surface area (Å²) < 4.78 is 0. The number of benzene rings is 1.